The van der Waals surface area contributed by atoms with Gasteiger partial charge in [0.2, 0.25) is 0 Å². The van der Waals surface area contributed by atoms with Gasteiger partial charge in [-0.05, 0) is 39.7 Å². The zero-order valence-corrected chi connectivity index (χ0v) is 13.4. The maximum Gasteiger partial charge on any atom is 0.407 e. The molecule has 1 rings (SSSR count). The minimum atomic E-state index is -0.495. The van der Waals surface area contributed by atoms with Crippen LogP contribution in [0.15, 0.2) is 24.3 Å². The minimum absolute atomic E-state index is 0.185. The van der Waals surface area contributed by atoms with Crippen LogP contribution in [0.4, 0.5) is 4.79 Å². The van der Waals surface area contributed by atoms with E-state index < -0.39 is 11.7 Å². The van der Waals surface area contributed by atoms with Crippen molar-refractivity contribution in [2.24, 2.45) is 0 Å². The van der Waals surface area contributed by atoms with Crippen molar-refractivity contribution in [2.75, 3.05) is 6.54 Å². The molecule has 0 aromatic heterocycles. The van der Waals surface area contributed by atoms with E-state index in [1.807, 2.05) is 52.0 Å². The second kappa shape index (κ2) is 7.81. The van der Waals surface area contributed by atoms with E-state index in [1.54, 1.807) is 0 Å². The molecule has 0 heterocycles. The van der Waals surface area contributed by atoms with Gasteiger partial charge in [0.25, 0.3) is 0 Å². The highest BCUT2D eigenvalue weighted by Gasteiger charge is 2.15. The first-order valence-corrected chi connectivity index (χ1v) is 7.30. The van der Waals surface area contributed by atoms with Gasteiger partial charge in [0.1, 0.15) is 11.4 Å². The zero-order valence-electron chi connectivity index (χ0n) is 13.4. The highest BCUT2D eigenvalue weighted by Crippen LogP contribution is 2.07. The number of aryl methyl sites for hydroxylation is 1. The second-order valence-corrected chi connectivity index (χ2v) is 6.23. The van der Waals surface area contributed by atoms with Crippen LogP contribution in [0.3, 0.4) is 0 Å². The first-order chi connectivity index (χ1) is 9.76. The number of rotatable bonds is 6. The lowest BCUT2D eigenvalue weighted by Gasteiger charge is -2.19. The lowest BCUT2D eigenvalue weighted by Crippen LogP contribution is -2.33. The Morgan fingerprint density at radius 1 is 1.14 bits per heavy atom. The van der Waals surface area contributed by atoms with Gasteiger partial charge < -0.3 is 10.1 Å². The average Bonchev–Trinajstić information content (AvgIpc) is 2.35. The number of Topliss-reactive ketones (excluding diaryl/α,β-unsaturated/α-hetero) is 1. The molecule has 1 amide bonds. The van der Waals surface area contributed by atoms with E-state index in [2.05, 4.69) is 5.32 Å². The molecule has 0 saturated carbocycles. The first kappa shape index (κ1) is 17.2. The third-order valence-electron chi connectivity index (χ3n) is 2.82. The molecule has 0 radical (unpaired) electrons. The monoisotopic (exact) mass is 291 g/mol. The summed E-state index contributed by atoms with van der Waals surface area (Å²) >= 11 is 0. The molecule has 0 fully saturated rings. The number of ketones is 1. The normalized spacial score (nSPS) is 11.0. The van der Waals surface area contributed by atoms with Crippen LogP contribution < -0.4 is 5.32 Å². The van der Waals surface area contributed by atoms with E-state index in [4.69, 9.17) is 4.74 Å². The smallest absolute Gasteiger partial charge is 0.407 e. The van der Waals surface area contributed by atoms with Crippen molar-refractivity contribution in [2.45, 2.75) is 52.6 Å². The molecular formula is C17H25NO3. The Morgan fingerprint density at radius 3 is 2.33 bits per heavy atom. The zero-order chi connectivity index (χ0) is 15.9. The van der Waals surface area contributed by atoms with Crippen LogP contribution in [0.2, 0.25) is 0 Å². The number of ether oxygens (including phenoxy) is 1. The molecule has 0 aliphatic carbocycles. The van der Waals surface area contributed by atoms with Crippen molar-refractivity contribution in [3.63, 3.8) is 0 Å². The average molecular weight is 291 g/mol. The Morgan fingerprint density at radius 2 is 1.76 bits per heavy atom. The van der Waals surface area contributed by atoms with E-state index >= 15 is 0 Å². The van der Waals surface area contributed by atoms with Crippen molar-refractivity contribution >= 4 is 11.9 Å². The largest absolute Gasteiger partial charge is 0.444 e. The van der Waals surface area contributed by atoms with Gasteiger partial charge in [-0.25, -0.2) is 4.79 Å². The maximum absolute atomic E-state index is 11.8. The van der Waals surface area contributed by atoms with Gasteiger partial charge in [0, 0.05) is 19.4 Å². The molecule has 0 spiro atoms. The number of carbonyl (C=O) groups excluding carboxylic acids is 2. The molecule has 0 saturated heterocycles. The summed E-state index contributed by atoms with van der Waals surface area (Å²) in [5, 5.41) is 2.65. The lowest BCUT2D eigenvalue weighted by molar-refractivity contribution is -0.118. The molecule has 1 aromatic carbocycles. The number of benzene rings is 1. The van der Waals surface area contributed by atoms with Gasteiger partial charge in [-0.1, -0.05) is 29.8 Å². The van der Waals surface area contributed by atoms with Crippen molar-refractivity contribution in [1.82, 2.24) is 5.32 Å². The fourth-order valence-corrected chi connectivity index (χ4v) is 1.81. The van der Waals surface area contributed by atoms with Crippen LogP contribution in [-0.4, -0.2) is 24.0 Å². The topological polar surface area (TPSA) is 55.4 Å². The Bertz CT molecular complexity index is 472. The van der Waals surface area contributed by atoms with Crippen molar-refractivity contribution in [1.29, 1.82) is 0 Å². The van der Waals surface area contributed by atoms with Crippen LogP contribution in [0.1, 0.15) is 44.7 Å². The van der Waals surface area contributed by atoms with E-state index in [0.717, 1.165) is 5.56 Å². The Balaban J connectivity index is 2.19. The summed E-state index contributed by atoms with van der Waals surface area (Å²) in [6.45, 7) is 7.93. The number of nitrogens with one attached hydrogen (secondary N) is 1. The van der Waals surface area contributed by atoms with Crippen LogP contribution >= 0.6 is 0 Å². The van der Waals surface area contributed by atoms with Crippen molar-refractivity contribution in [3.05, 3.63) is 35.4 Å². The number of carbonyl (C=O) groups is 2. The predicted molar refractivity (Wildman–Crippen MR) is 83.4 cm³/mol. The highest BCUT2D eigenvalue weighted by molar-refractivity contribution is 5.80. The summed E-state index contributed by atoms with van der Waals surface area (Å²) in [5.41, 5.74) is 1.73. The third-order valence-corrected chi connectivity index (χ3v) is 2.82. The summed E-state index contributed by atoms with van der Waals surface area (Å²) in [7, 11) is 0. The van der Waals surface area contributed by atoms with Crippen molar-refractivity contribution < 1.29 is 14.3 Å². The summed E-state index contributed by atoms with van der Waals surface area (Å²) in [5.74, 6) is 0.185. The Kier molecular flexibility index (Phi) is 6.40. The highest BCUT2D eigenvalue weighted by atomic mass is 16.6. The van der Waals surface area contributed by atoms with E-state index in [1.165, 1.54) is 5.56 Å². The van der Waals surface area contributed by atoms with Gasteiger partial charge in [-0.2, -0.15) is 0 Å². The summed E-state index contributed by atoms with van der Waals surface area (Å²) in [6, 6.07) is 7.97. The maximum atomic E-state index is 11.8. The Hall–Kier alpha value is -1.84. The Labute approximate surface area is 126 Å². The predicted octanol–water partition coefficient (Wildman–Crippen LogP) is 3.41. The number of amides is 1. The lowest BCUT2D eigenvalue weighted by atomic mass is 10.0. The number of hydrogen-bond acceptors (Lipinski definition) is 3. The first-order valence-electron chi connectivity index (χ1n) is 7.30. The number of alkyl carbamates (subject to hydrolysis) is 1. The van der Waals surface area contributed by atoms with Gasteiger partial charge in [-0.15, -0.1) is 0 Å². The molecule has 0 bridgehead atoms. The number of hydrogen-bond donors (Lipinski definition) is 1. The van der Waals surface area contributed by atoms with Crippen LogP contribution in [-0.2, 0) is 16.0 Å². The van der Waals surface area contributed by atoms with Crippen LogP contribution in [0, 0.1) is 6.92 Å². The van der Waals surface area contributed by atoms with Gasteiger partial charge in [0.05, 0.1) is 0 Å². The molecule has 116 valence electrons. The molecular weight excluding hydrogens is 266 g/mol. The molecule has 1 N–H and O–H groups in total. The fraction of sp³-hybridized carbons (Fsp3) is 0.529. The van der Waals surface area contributed by atoms with E-state index in [-0.39, 0.29) is 5.78 Å². The fourth-order valence-electron chi connectivity index (χ4n) is 1.81. The summed E-state index contributed by atoms with van der Waals surface area (Å²) in [4.78, 5) is 23.2. The van der Waals surface area contributed by atoms with Crippen LogP contribution in [0.5, 0.6) is 0 Å². The van der Waals surface area contributed by atoms with E-state index in [0.29, 0.717) is 25.8 Å². The van der Waals surface area contributed by atoms with Crippen molar-refractivity contribution in [3.8, 4) is 0 Å². The molecule has 4 heteroatoms. The molecule has 21 heavy (non-hydrogen) atoms. The van der Waals surface area contributed by atoms with E-state index in [9.17, 15) is 9.59 Å². The molecule has 1 aromatic rings. The molecule has 0 aliphatic rings. The third kappa shape index (κ3) is 8.12. The standard InChI is InChI=1S/C17H25NO3/c1-13-7-9-14(10-8-13)12-15(19)6-5-11-18-16(20)21-17(2,3)4/h7-10H,5-6,11-12H2,1-4H3,(H,18,20). The molecule has 0 aliphatic heterocycles. The minimum Gasteiger partial charge on any atom is -0.444 e. The second-order valence-electron chi connectivity index (χ2n) is 6.23. The summed E-state index contributed by atoms with van der Waals surface area (Å²) in [6.07, 6.45) is 1.11. The van der Waals surface area contributed by atoms with Crippen LogP contribution in [0.25, 0.3) is 0 Å². The molecule has 0 atom stereocenters. The molecule has 4 nitrogen and oxygen atoms in total. The van der Waals surface area contributed by atoms with Gasteiger partial charge in [0.15, 0.2) is 0 Å². The quantitative estimate of drug-likeness (QED) is 0.817. The SMILES string of the molecule is Cc1ccc(CC(=O)CCCNC(=O)OC(C)(C)C)cc1. The molecule has 0 unspecified atom stereocenters. The van der Waals surface area contributed by atoms with Gasteiger partial charge >= 0.3 is 6.09 Å². The summed E-state index contributed by atoms with van der Waals surface area (Å²) < 4.78 is 5.12. The van der Waals surface area contributed by atoms with Gasteiger partial charge in [-0.3, -0.25) is 4.79 Å².